The second-order valence-corrected chi connectivity index (χ2v) is 5.05. The van der Waals surface area contributed by atoms with E-state index in [1.54, 1.807) is 17.4 Å². The highest BCUT2D eigenvalue weighted by Gasteiger charge is 2.04. The molecule has 6 heteroatoms. The van der Waals surface area contributed by atoms with Crippen molar-refractivity contribution in [3.05, 3.63) is 58.9 Å². The molecule has 0 aliphatic carbocycles. The molecule has 0 saturated heterocycles. The molecule has 3 aromatic rings. The van der Waals surface area contributed by atoms with Crippen LogP contribution in [0.15, 0.2) is 36.0 Å². The highest BCUT2D eigenvalue weighted by Crippen LogP contribution is 2.12. The fourth-order valence-electron chi connectivity index (χ4n) is 1.85. The van der Waals surface area contributed by atoms with Gasteiger partial charge >= 0.3 is 0 Å². The Hall–Kier alpha value is -1.79. The first-order chi connectivity index (χ1) is 9.22. The van der Waals surface area contributed by atoms with Gasteiger partial charge in [-0.25, -0.2) is 13.8 Å². The van der Waals surface area contributed by atoms with Gasteiger partial charge in [0.1, 0.15) is 0 Å². The molecule has 98 valence electrons. The minimum absolute atomic E-state index is 0.475. The van der Waals surface area contributed by atoms with E-state index in [1.807, 2.05) is 22.2 Å². The van der Waals surface area contributed by atoms with Gasteiger partial charge in [0.25, 0.3) is 0 Å². The largest absolute Gasteiger partial charge is 0.307 e. The van der Waals surface area contributed by atoms with Gasteiger partial charge in [-0.2, -0.15) is 0 Å². The van der Waals surface area contributed by atoms with Crippen molar-refractivity contribution in [2.24, 2.45) is 0 Å². The van der Waals surface area contributed by atoms with Gasteiger partial charge in [0.15, 0.2) is 16.6 Å². The van der Waals surface area contributed by atoms with E-state index in [1.165, 1.54) is 6.07 Å². The van der Waals surface area contributed by atoms with Gasteiger partial charge in [0.05, 0.1) is 5.69 Å². The standard InChI is InChI=1S/C13H11F2N3S/c14-11-2-1-9(5-12(11)15)6-16-7-10-8-18-3-4-19-13(18)17-10/h1-5,8,16H,6-7H2. The quantitative estimate of drug-likeness (QED) is 0.795. The first kappa shape index (κ1) is 12.3. The summed E-state index contributed by atoms with van der Waals surface area (Å²) < 4.78 is 27.7. The molecule has 3 rings (SSSR count). The van der Waals surface area contributed by atoms with Crippen molar-refractivity contribution >= 4 is 16.3 Å². The fourth-order valence-corrected chi connectivity index (χ4v) is 2.56. The third kappa shape index (κ3) is 2.64. The Morgan fingerprint density at radius 3 is 2.89 bits per heavy atom. The molecule has 0 spiro atoms. The van der Waals surface area contributed by atoms with Crippen LogP contribution in [0, 0.1) is 11.6 Å². The monoisotopic (exact) mass is 279 g/mol. The summed E-state index contributed by atoms with van der Waals surface area (Å²) in [5.74, 6) is -1.64. The summed E-state index contributed by atoms with van der Waals surface area (Å²) >= 11 is 1.57. The summed E-state index contributed by atoms with van der Waals surface area (Å²) in [5.41, 5.74) is 1.63. The summed E-state index contributed by atoms with van der Waals surface area (Å²) in [6, 6.07) is 3.91. The molecule has 0 radical (unpaired) electrons. The molecule has 0 atom stereocenters. The summed E-state index contributed by atoms with van der Waals surface area (Å²) in [7, 11) is 0. The van der Waals surface area contributed by atoms with Crippen LogP contribution < -0.4 is 5.32 Å². The highest BCUT2D eigenvalue weighted by molar-refractivity contribution is 7.15. The zero-order valence-corrected chi connectivity index (χ0v) is 10.8. The van der Waals surface area contributed by atoms with Crippen LogP contribution in [0.3, 0.4) is 0 Å². The molecule has 0 amide bonds. The number of halogens is 2. The van der Waals surface area contributed by atoms with Crippen LogP contribution in [0.4, 0.5) is 8.78 Å². The van der Waals surface area contributed by atoms with Crippen LogP contribution in [0.5, 0.6) is 0 Å². The zero-order valence-electron chi connectivity index (χ0n) is 9.94. The number of rotatable bonds is 4. The number of hydrogen-bond acceptors (Lipinski definition) is 3. The SMILES string of the molecule is Fc1ccc(CNCc2cn3ccsc3n2)cc1F. The highest BCUT2D eigenvalue weighted by atomic mass is 32.1. The minimum Gasteiger partial charge on any atom is -0.307 e. The first-order valence-corrected chi connectivity index (χ1v) is 6.66. The minimum atomic E-state index is -0.821. The number of benzene rings is 1. The fraction of sp³-hybridized carbons (Fsp3) is 0.154. The van der Waals surface area contributed by atoms with Crippen LogP contribution in [-0.4, -0.2) is 9.38 Å². The smallest absolute Gasteiger partial charge is 0.193 e. The van der Waals surface area contributed by atoms with Gasteiger partial charge in [-0.1, -0.05) is 6.07 Å². The number of nitrogens with one attached hydrogen (secondary N) is 1. The molecule has 1 N–H and O–H groups in total. The van der Waals surface area contributed by atoms with Gasteiger partial charge in [0.2, 0.25) is 0 Å². The average Bonchev–Trinajstić information content (AvgIpc) is 2.94. The average molecular weight is 279 g/mol. The van der Waals surface area contributed by atoms with Crippen molar-refractivity contribution in [1.29, 1.82) is 0 Å². The Bertz CT molecular complexity index is 676. The summed E-state index contributed by atoms with van der Waals surface area (Å²) in [4.78, 5) is 5.37. The molecule has 3 nitrogen and oxygen atoms in total. The number of fused-ring (bicyclic) bond motifs is 1. The molecular formula is C13H11F2N3S. The van der Waals surface area contributed by atoms with Gasteiger partial charge in [-0.15, -0.1) is 11.3 Å². The second-order valence-electron chi connectivity index (χ2n) is 4.18. The Balaban J connectivity index is 1.60. The maximum absolute atomic E-state index is 13.0. The van der Waals surface area contributed by atoms with Crippen molar-refractivity contribution in [2.75, 3.05) is 0 Å². The van der Waals surface area contributed by atoms with Crippen LogP contribution in [0.2, 0.25) is 0 Å². The molecule has 0 aliphatic heterocycles. The van der Waals surface area contributed by atoms with Crippen LogP contribution in [-0.2, 0) is 13.1 Å². The van der Waals surface area contributed by atoms with E-state index in [9.17, 15) is 8.78 Å². The van der Waals surface area contributed by atoms with Gasteiger partial charge in [0, 0.05) is 30.9 Å². The van der Waals surface area contributed by atoms with Crippen molar-refractivity contribution in [3.63, 3.8) is 0 Å². The molecule has 0 unspecified atom stereocenters. The molecular weight excluding hydrogens is 268 g/mol. The van der Waals surface area contributed by atoms with Crippen molar-refractivity contribution in [3.8, 4) is 0 Å². The molecule has 0 bridgehead atoms. The van der Waals surface area contributed by atoms with Gasteiger partial charge < -0.3 is 5.32 Å². The third-order valence-electron chi connectivity index (χ3n) is 2.76. The normalized spacial score (nSPS) is 11.3. The first-order valence-electron chi connectivity index (χ1n) is 5.78. The van der Waals surface area contributed by atoms with Gasteiger partial charge in [-0.3, -0.25) is 4.40 Å². The number of imidazole rings is 1. The molecule has 2 heterocycles. The number of hydrogen-bond donors (Lipinski definition) is 1. The molecule has 1 aromatic carbocycles. The molecule has 0 fully saturated rings. The van der Waals surface area contributed by atoms with E-state index in [-0.39, 0.29) is 0 Å². The van der Waals surface area contributed by atoms with E-state index >= 15 is 0 Å². The van der Waals surface area contributed by atoms with Crippen LogP contribution in [0.25, 0.3) is 4.96 Å². The molecule has 19 heavy (non-hydrogen) atoms. The van der Waals surface area contributed by atoms with E-state index in [0.717, 1.165) is 16.7 Å². The maximum Gasteiger partial charge on any atom is 0.193 e. The second kappa shape index (κ2) is 5.07. The maximum atomic E-state index is 13.0. The predicted molar refractivity (Wildman–Crippen MR) is 70.0 cm³/mol. The van der Waals surface area contributed by atoms with Crippen molar-refractivity contribution < 1.29 is 8.78 Å². The Morgan fingerprint density at radius 2 is 2.11 bits per heavy atom. The lowest BCUT2D eigenvalue weighted by molar-refractivity contribution is 0.506. The third-order valence-corrected chi connectivity index (χ3v) is 3.53. The number of nitrogens with zero attached hydrogens (tertiary/aromatic N) is 2. The lowest BCUT2D eigenvalue weighted by Gasteiger charge is -2.03. The lowest BCUT2D eigenvalue weighted by atomic mass is 10.2. The van der Waals surface area contributed by atoms with E-state index < -0.39 is 11.6 Å². The number of thiazole rings is 1. The van der Waals surface area contributed by atoms with Crippen molar-refractivity contribution in [1.82, 2.24) is 14.7 Å². The Labute approximate surface area is 112 Å². The summed E-state index contributed by atoms with van der Waals surface area (Å²) in [5, 5.41) is 5.13. The molecule has 0 saturated carbocycles. The van der Waals surface area contributed by atoms with Gasteiger partial charge in [-0.05, 0) is 17.7 Å². The Kier molecular flexibility index (Phi) is 3.27. The molecule has 0 aliphatic rings. The predicted octanol–water partition coefficient (Wildman–Crippen LogP) is 2.96. The van der Waals surface area contributed by atoms with Crippen LogP contribution >= 0.6 is 11.3 Å². The molecule has 2 aromatic heterocycles. The Morgan fingerprint density at radius 1 is 1.21 bits per heavy atom. The van der Waals surface area contributed by atoms with Crippen LogP contribution in [0.1, 0.15) is 11.3 Å². The number of aromatic nitrogens is 2. The lowest BCUT2D eigenvalue weighted by Crippen LogP contribution is -2.13. The summed E-state index contributed by atoms with van der Waals surface area (Å²) in [6.45, 7) is 1.07. The van der Waals surface area contributed by atoms with E-state index in [2.05, 4.69) is 10.3 Å². The van der Waals surface area contributed by atoms with E-state index in [0.29, 0.717) is 18.7 Å². The zero-order chi connectivity index (χ0) is 13.2. The van der Waals surface area contributed by atoms with Crippen molar-refractivity contribution in [2.45, 2.75) is 13.1 Å². The summed E-state index contributed by atoms with van der Waals surface area (Å²) in [6.07, 6.45) is 3.90. The van der Waals surface area contributed by atoms with E-state index in [4.69, 9.17) is 0 Å². The topological polar surface area (TPSA) is 29.3 Å².